The molecule has 0 aliphatic carbocycles. The van der Waals surface area contributed by atoms with Gasteiger partial charge < -0.3 is 4.74 Å². The lowest BCUT2D eigenvalue weighted by molar-refractivity contribution is -0.166. The molecule has 1 aliphatic rings. The number of halogens is 3. The molecular formula is C9H10F3N3O. The Morgan fingerprint density at radius 1 is 1.44 bits per heavy atom. The second kappa shape index (κ2) is 5.15. The molecule has 1 fully saturated rings. The van der Waals surface area contributed by atoms with Crippen LogP contribution in [0.5, 0.6) is 0 Å². The number of hydrogen-bond donors (Lipinski definition) is 0. The Bertz CT molecular complexity index is 317. The molecule has 0 aromatic heterocycles. The van der Waals surface area contributed by atoms with Gasteiger partial charge in [0.1, 0.15) is 0 Å². The van der Waals surface area contributed by atoms with Crippen LogP contribution in [-0.4, -0.2) is 43.4 Å². The molecule has 1 heterocycles. The molecule has 0 amide bonds. The van der Waals surface area contributed by atoms with Crippen molar-refractivity contribution in [2.75, 3.05) is 26.2 Å². The molecule has 2 atom stereocenters. The van der Waals surface area contributed by atoms with Crippen molar-refractivity contribution >= 4 is 0 Å². The maximum absolute atomic E-state index is 12.3. The van der Waals surface area contributed by atoms with Gasteiger partial charge in [-0.2, -0.15) is 23.7 Å². The number of nitriles is 2. The summed E-state index contributed by atoms with van der Waals surface area (Å²) >= 11 is 0. The molecule has 1 aliphatic heterocycles. The summed E-state index contributed by atoms with van der Waals surface area (Å²) in [6.07, 6.45) is -5.23. The maximum Gasteiger partial charge on any atom is 0.405 e. The molecule has 0 radical (unpaired) electrons. The standard InChI is InChI=1S/C9H10F3N3O/c10-9(11,12)7(3-13)5-15-1-2-16-8(4-14)6-15/h7-8H,1-2,5-6H2. The van der Waals surface area contributed by atoms with Gasteiger partial charge in [0.05, 0.1) is 18.7 Å². The van der Waals surface area contributed by atoms with Crippen LogP contribution in [0, 0.1) is 28.6 Å². The SMILES string of the molecule is N#CC1CN(CC(C#N)C(F)(F)F)CCO1. The van der Waals surface area contributed by atoms with E-state index in [4.69, 9.17) is 15.3 Å². The molecule has 1 saturated heterocycles. The van der Waals surface area contributed by atoms with Gasteiger partial charge in [0.25, 0.3) is 0 Å². The third-order valence-corrected chi connectivity index (χ3v) is 2.29. The Labute approximate surface area is 90.8 Å². The lowest BCUT2D eigenvalue weighted by Crippen LogP contribution is -2.45. The van der Waals surface area contributed by atoms with Crippen LogP contribution in [0.4, 0.5) is 13.2 Å². The summed E-state index contributed by atoms with van der Waals surface area (Å²) in [5, 5.41) is 17.0. The Balaban J connectivity index is 2.54. The first-order valence-electron chi connectivity index (χ1n) is 4.67. The summed E-state index contributed by atoms with van der Waals surface area (Å²) < 4.78 is 41.9. The van der Waals surface area contributed by atoms with E-state index in [-0.39, 0.29) is 13.2 Å². The van der Waals surface area contributed by atoms with Crippen molar-refractivity contribution < 1.29 is 17.9 Å². The molecule has 1 rings (SSSR count). The Kier molecular flexibility index (Phi) is 4.11. The molecule has 0 saturated carbocycles. The monoisotopic (exact) mass is 233 g/mol. The summed E-state index contributed by atoms with van der Waals surface area (Å²) in [6.45, 7) is 0.243. The van der Waals surface area contributed by atoms with Crippen molar-refractivity contribution in [1.29, 1.82) is 10.5 Å². The summed E-state index contributed by atoms with van der Waals surface area (Å²) in [6, 6.07) is 3.07. The van der Waals surface area contributed by atoms with Crippen LogP contribution in [0.15, 0.2) is 0 Å². The zero-order valence-corrected chi connectivity index (χ0v) is 8.37. The zero-order chi connectivity index (χ0) is 12.2. The van der Waals surface area contributed by atoms with Gasteiger partial charge >= 0.3 is 6.18 Å². The number of hydrogen-bond acceptors (Lipinski definition) is 4. The van der Waals surface area contributed by atoms with Crippen molar-refractivity contribution in [3.63, 3.8) is 0 Å². The first-order valence-corrected chi connectivity index (χ1v) is 4.67. The van der Waals surface area contributed by atoms with Crippen LogP contribution in [0.1, 0.15) is 0 Å². The highest BCUT2D eigenvalue weighted by Gasteiger charge is 2.41. The highest BCUT2D eigenvalue weighted by atomic mass is 19.4. The third kappa shape index (κ3) is 3.37. The smallest absolute Gasteiger partial charge is 0.361 e. The minimum Gasteiger partial charge on any atom is -0.361 e. The van der Waals surface area contributed by atoms with Gasteiger partial charge in [-0.15, -0.1) is 0 Å². The van der Waals surface area contributed by atoms with Crippen molar-refractivity contribution in [3.8, 4) is 12.1 Å². The van der Waals surface area contributed by atoms with Gasteiger partial charge in [-0.05, 0) is 0 Å². The number of nitrogens with zero attached hydrogens (tertiary/aromatic N) is 3. The fourth-order valence-electron chi connectivity index (χ4n) is 1.42. The quantitative estimate of drug-likeness (QED) is 0.711. The Morgan fingerprint density at radius 2 is 2.12 bits per heavy atom. The molecule has 0 aromatic carbocycles. The van der Waals surface area contributed by atoms with Crippen molar-refractivity contribution in [1.82, 2.24) is 4.90 Å². The molecule has 16 heavy (non-hydrogen) atoms. The van der Waals surface area contributed by atoms with Gasteiger partial charge in [0, 0.05) is 19.6 Å². The van der Waals surface area contributed by atoms with E-state index in [0.29, 0.717) is 6.54 Å². The molecule has 0 bridgehead atoms. The van der Waals surface area contributed by atoms with E-state index in [2.05, 4.69) is 0 Å². The number of morpholine rings is 1. The lowest BCUT2D eigenvalue weighted by atomic mass is 10.1. The normalized spacial score (nSPS) is 24.4. The predicted octanol–water partition coefficient (Wildman–Crippen LogP) is 0.913. The minimum atomic E-state index is -4.52. The zero-order valence-electron chi connectivity index (χ0n) is 8.37. The molecule has 0 aromatic rings. The average Bonchev–Trinajstić information content (AvgIpc) is 2.24. The van der Waals surface area contributed by atoms with Crippen LogP contribution in [-0.2, 0) is 4.74 Å². The van der Waals surface area contributed by atoms with Gasteiger partial charge in [0.15, 0.2) is 12.0 Å². The van der Waals surface area contributed by atoms with Crippen LogP contribution >= 0.6 is 0 Å². The van der Waals surface area contributed by atoms with Crippen LogP contribution in [0.2, 0.25) is 0 Å². The second-order valence-corrected chi connectivity index (χ2v) is 3.47. The van der Waals surface area contributed by atoms with E-state index >= 15 is 0 Å². The first-order chi connectivity index (χ1) is 7.47. The van der Waals surface area contributed by atoms with Crippen LogP contribution in [0.25, 0.3) is 0 Å². The number of alkyl halides is 3. The average molecular weight is 233 g/mol. The van der Waals surface area contributed by atoms with E-state index in [9.17, 15) is 13.2 Å². The third-order valence-electron chi connectivity index (χ3n) is 2.29. The summed E-state index contributed by atoms with van der Waals surface area (Å²) in [5.41, 5.74) is 0. The fraction of sp³-hybridized carbons (Fsp3) is 0.778. The van der Waals surface area contributed by atoms with Crippen molar-refractivity contribution in [3.05, 3.63) is 0 Å². The van der Waals surface area contributed by atoms with Gasteiger partial charge in [-0.25, -0.2) is 0 Å². The highest BCUT2D eigenvalue weighted by Crippen LogP contribution is 2.26. The van der Waals surface area contributed by atoms with E-state index in [0.717, 1.165) is 0 Å². The predicted molar refractivity (Wildman–Crippen MR) is 47.0 cm³/mol. The van der Waals surface area contributed by atoms with Crippen molar-refractivity contribution in [2.45, 2.75) is 12.3 Å². The molecule has 2 unspecified atom stereocenters. The van der Waals surface area contributed by atoms with E-state index in [1.54, 1.807) is 0 Å². The largest absolute Gasteiger partial charge is 0.405 e. The number of ether oxygens (including phenoxy) is 1. The highest BCUT2D eigenvalue weighted by molar-refractivity contribution is 4.94. The van der Waals surface area contributed by atoms with Crippen molar-refractivity contribution in [2.24, 2.45) is 5.92 Å². The summed E-state index contributed by atoms with van der Waals surface area (Å²) in [4.78, 5) is 1.43. The van der Waals surface area contributed by atoms with Crippen LogP contribution in [0.3, 0.4) is 0 Å². The maximum atomic E-state index is 12.3. The van der Waals surface area contributed by atoms with E-state index in [1.165, 1.54) is 11.0 Å². The summed E-state index contributed by atoms with van der Waals surface area (Å²) in [7, 11) is 0. The van der Waals surface area contributed by atoms with Gasteiger partial charge in [0.2, 0.25) is 0 Å². The summed E-state index contributed by atoms with van der Waals surface area (Å²) in [5.74, 6) is -2.01. The molecule has 0 N–H and O–H groups in total. The molecule has 88 valence electrons. The topological polar surface area (TPSA) is 60.0 Å². The van der Waals surface area contributed by atoms with Crippen LogP contribution < -0.4 is 0 Å². The lowest BCUT2D eigenvalue weighted by Gasteiger charge is -2.31. The molecule has 0 spiro atoms. The molecular weight excluding hydrogens is 223 g/mol. The van der Waals surface area contributed by atoms with E-state index in [1.807, 2.05) is 6.07 Å². The Morgan fingerprint density at radius 3 is 2.62 bits per heavy atom. The van der Waals surface area contributed by atoms with Gasteiger partial charge in [-0.3, -0.25) is 4.90 Å². The van der Waals surface area contributed by atoms with Gasteiger partial charge in [-0.1, -0.05) is 0 Å². The fourth-order valence-corrected chi connectivity index (χ4v) is 1.42. The van der Waals surface area contributed by atoms with E-state index < -0.39 is 24.7 Å². The molecule has 7 heteroatoms. The Hall–Kier alpha value is -1.31. The second-order valence-electron chi connectivity index (χ2n) is 3.47. The molecule has 4 nitrogen and oxygen atoms in total. The first kappa shape index (κ1) is 12.8. The minimum absolute atomic E-state index is 0.116. The number of rotatable bonds is 2.